The maximum atomic E-state index is 12.3. The van der Waals surface area contributed by atoms with E-state index in [1.807, 2.05) is 26.0 Å². The van der Waals surface area contributed by atoms with Crippen molar-refractivity contribution >= 4 is 10.9 Å². The van der Waals surface area contributed by atoms with Crippen molar-refractivity contribution in [3.63, 3.8) is 0 Å². The van der Waals surface area contributed by atoms with Gasteiger partial charge in [-0.05, 0) is 38.8 Å². The van der Waals surface area contributed by atoms with Crippen molar-refractivity contribution in [3.05, 3.63) is 76.6 Å². The van der Waals surface area contributed by atoms with Crippen molar-refractivity contribution < 1.29 is 5.11 Å². The Kier molecular flexibility index (Phi) is 5.22. The molecular formula is C20H23NO2. The van der Waals surface area contributed by atoms with Gasteiger partial charge in [0.05, 0.1) is 5.52 Å². The summed E-state index contributed by atoms with van der Waals surface area (Å²) in [5, 5.41) is 11.4. The number of aromatic nitrogens is 1. The van der Waals surface area contributed by atoms with Crippen LogP contribution >= 0.6 is 0 Å². The Hall–Kier alpha value is -2.55. The number of benzene rings is 1. The van der Waals surface area contributed by atoms with Crippen LogP contribution in [-0.4, -0.2) is 9.67 Å². The van der Waals surface area contributed by atoms with E-state index in [0.29, 0.717) is 19.4 Å². The molecule has 1 aromatic carbocycles. The van der Waals surface area contributed by atoms with E-state index in [1.165, 1.54) is 0 Å². The molecule has 3 nitrogen and oxygen atoms in total. The summed E-state index contributed by atoms with van der Waals surface area (Å²) in [5.41, 5.74) is 3.53. The molecule has 0 unspecified atom stereocenters. The topological polar surface area (TPSA) is 42.2 Å². The van der Waals surface area contributed by atoms with Crippen LogP contribution in [0.4, 0.5) is 0 Å². The Morgan fingerprint density at radius 2 is 1.91 bits per heavy atom. The molecule has 0 aliphatic heterocycles. The lowest BCUT2D eigenvalue weighted by atomic mass is 9.98. The highest BCUT2D eigenvalue weighted by atomic mass is 16.3. The molecule has 0 saturated carbocycles. The average Bonchev–Trinajstić information content (AvgIpc) is 2.50. The molecule has 3 heteroatoms. The fourth-order valence-electron chi connectivity index (χ4n) is 2.68. The SMILES string of the molecule is C=CCc1cc2c(ccc(=O)n2CC=C(C)C)c(CC=C)c1O. The van der Waals surface area contributed by atoms with Crippen molar-refractivity contribution in [3.8, 4) is 5.75 Å². The van der Waals surface area contributed by atoms with Crippen LogP contribution < -0.4 is 5.56 Å². The molecule has 1 aromatic heterocycles. The number of phenolic OH excluding ortho intramolecular Hbond substituents is 1. The lowest BCUT2D eigenvalue weighted by Crippen LogP contribution is -2.19. The van der Waals surface area contributed by atoms with E-state index >= 15 is 0 Å². The van der Waals surface area contributed by atoms with E-state index in [-0.39, 0.29) is 11.3 Å². The largest absolute Gasteiger partial charge is 0.507 e. The fraction of sp³-hybridized carbons (Fsp3) is 0.250. The third-order valence-electron chi connectivity index (χ3n) is 3.85. The van der Waals surface area contributed by atoms with Crippen LogP contribution in [0.25, 0.3) is 10.9 Å². The zero-order chi connectivity index (χ0) is 17.0. The number of aromatic hydroxyl groups is 1. The first kappa shape index (κ1) is 16.8. The molecule has 23 heavy (non-hydrogen) atoms. The van der Waals surface area contributed by atoms with Gasteiger partial charge in [-0.3, -0.25) is 4.79 Å². The second kappa shape index (κ2) is 7.14. The fourth-order valence-corrected chi connectivity index (χ4v) is 2.68. The van der Waals surface area contributed by atoms with Crippen LogP contribution in [0.3, 0.4) is 0 Å². The second-order valence-electron chi connectivity index (χ2n) is 5.84. The van der Waals surface area contributed by atoms with Crippen LogP contribution in [0, 0.1) is 0 Å². The lowest BCUT2D eigenvalue weighted by Gasteiger charge is -2.15. The summed E-state index contributed by atoms with van der Waals surface area (Å²) in [6.07, 6.45) is 6.64. The molecule has 0 aliphatic carbocycles. The Bertz CT molecular complexity index is 837. The van der Waals surface area contributed by atoms with Crippen molar-refractivity contribution in [2.75, 3.05) is 0 Å². The van der Waals surface area contributed by atoms with E-state index in [0.717, 1.165) is 27.6 Å². The van der Waals surface area contributed by atoms with Gasteiger partial charge in [0, 0.05) is 29.1 Å². The maximum Gasteiger partial charge on any atom is 0.251 e. The molecular weight excluding hydrogens is 286 g/mol. The van der Waals surface area contributed by atoms with Gasteiger partial charge in [0.15, 0.2) is 0 Å². The quantitative estimate of drug-likeness (QED) is 0.815. The Balaban J connectivity index is 2.83. The van der Waals surface area contributed by atoms with Crippen molar-refractivity contribution in [2.45, 2.75) is 33.2 Å². The van der Waals surface area contributed by atoms with E-state index in [4.69, 9.17) is 0 Å². The Labute approximate surface area is 136 Å². The zero-order valence-electron chi connectivity index (χ0n) is 13.8. The number of hydrogen-bond acceptors (Lipinski definition) is 2. The highest BCUT2D eigenvalue weighted by molar-refractivity contribution is 5.86. The van der Waals surface area contributed by atoms with Gasteiger partial charge in [-0.25, -0.2) is 0 Å². The number of phenols is 1. The van der Waals surface area contributed by atoms with E-state index in [1.54, 1.807) is 28.9 Å². The van der Waals surface area contributed by atoms with Crippen molar-refractivity contribution in [1.29, 1.82) is 0 Å². The molecule has 0 radical (unpaired) electrons. The summed E-state index contributed by atoms with van der Waals surface area (Å²) in [5.74, 6) is 0.268. The molecule has 120 valence electrons. The first-order valence-electron chi connectivity index (χ1n) is 7.72. The van der Waals surface area contributed by atoms with Gasteiger partial charge in [-0.15, -0.1) is 13.2 Å². The normalized spacial score (nSPS) is 10.5. The van der Waals surface area contributed by atoms with Crippen LogP contribution in [0.15, 0.2) is 60.0 Å². The van der Waals surface area contributed by atoms with Crippen LogP contribution in [0.2, 0.25) is 0 Å². The number of rotatable bonds is 6. The number of fused-ring (bicyclic) bond motifs is 1. The van der Waals surface area contributed by atoms with Gasteiger partial charge >= 0.3 is 0 Å². The predicted octanol–water partition coefficient (Wildman–Crippen LogP) is 4.13. The molecule has 0 spiro atoms. The molecule has 0 atom stereocenters. The summed E-state index contributed by atoms with van der Waals surface area (Å²) < 4.78 is 1.74. The summed E-state index contributed by atoms with van der Waals surface area (Å²) in [4.78, 5) is 12.3. The predicted molar refractivity (Wildman–Crippen MR) is 97.1 cm³/mol. The van der Waals surface area contributed by atoms with E-state index < -0.39 is 0 Å². The molecule has 1 N–H and O–H groups in total. The summed E-state index contributed by atoms with van der Waals surface area (Å²) in [6, 6.07) is 5.23. The first-order valence-corrected chi connectivity index (χ1v) is 7.72. The summed E-state index contributed by atoms with van der Waals surface area (Å²) >= 11 is 0. The van der Waals surface area contributed by atoms with Gasteiger partial charge in [-0.1, -0.05) is 23.8 Å². The molecule has 0 bridgehead atoms. The smallest absolute Gasteiger partial charge is 0.251 e. The minimum absolute atomic E-state index is 0.0465. The monoisotopic (exact) mass is 309 g/mol. The standard InChI is InChI=1S/C20H23NO2/c1-5-7-15-13-18-16(17(8-6-2)20(15)23)9-10-19(22)21(18)12-11-14(3)4/h5-6,9-11,13,23H,1-2,7-8,12H2,3-4H3. The molecule has 2 aromatic rings. The zero-order valence-corrected chi connectivity index (χ0v) is 13.8. The van der Waals surface area contributed by atoms with Gasteiger partial charge in [0.25, 0.3) is 5.56 Å². The third kappa shape index (κ3) is 3.45. The Morgan fingerprint density at radius 3 is 2.52 bits per heavy atom. The Morgan fingerprint density at radius 1 is 1.22 bits per heavy atom. The molecule has 0 aliphatic rings. The highest BCUT2D eigenvalue weighted by Gasteiger charge is 2.14. The minimum Gasteiger partial charge on any atom is -0.507 e. The molecule has 1 heterocycles. The van der Waals surface area contributed by atoms with Crippen molar-refractivity contribution in [1.82, 2.24) is 4.57 Å². The van der Waals surface area contributed by atoms with Crippen LogP contribution in [0.5, 0.6) is 5.75 Å². The third-order valence-corrected chi connectivity index (χ3v) is 3.85. The number of hydrogen-bond donors (Lipinski definition) is 1. The van der Waals surface area contributed by atoms with Gasteiger partial charge in [0.2, 0.25) is 0 Å². The van der Waals surface area contributed by atoms with Crippen molar-refractivity contribution in [2.24, 2.45) is 0 Å². The van der Waals surface area contributed by atoms with Gasteiger partial charge in [-0.2, -0.15) is 0 Å². The second-order valence-corrected chi connectivity index (χ2v) is 5.84. The highest BCUT2D eigenvalue weighted by Crippen LogP contribution is 2.32. The molecule has 2 rings (SSSR count). The number of pyridine rings is 1. The van der Waals surface area contributed by atoms with Gasteiger partial charge in [0.1, 0.15) is 5.75 Å². The first-order chi connectivity index (χ1) is 11.0. The molecule has 0 amide bonds. The van der Waals surface area contributed by atoms with E-state index in [9.17, 15) is 9.90 Å². The van der Waals surface area contributed by atoms with Crippen LogP contribution in [0.1, 0.15) is 25.0 Å². The number of allylic oxidation sites excluding steroid dienone is 4. The lowest BCUT2D eigenvalue weighted by molar-refractivity contribution is 0.465. The number of nitrogens with zero attached hydrogens (tertiary/aromatic N) is 1. The van der Waals surface area contributed by atoms with Crippen LogP contribution in [-0.2, 0) is 19.4 Å². The minimum atomic E-state index is -0.0465. The summed E-state index contributed by atoms with van der Waals surface area (Å²) in [6.45, 7) is 12.0. The van der Waals surface area contributed by atoms with Gasteiger partial charge < -0.3 is 9.67 Å². The average molecular weight is 309 g/mol. The summed E-state index contributed by atoms with van der Waals surface area (Å²) in [7, 11) is 0. The molecule has 0 saturated heterocycles. The van der Waals surface area contributed by atoms with E-state index in [2.05, 4.69) is 13.2 Å². The molecule has 0 fully saturated rings. The maximum absolute atomic E-state index is 12.3.